The van der Waals surface area contributed by atoms with Gasteiger partial charge in [-0.15, -0.1) is 0 Å². The normalized spacial score (nSPS) is 11.6. The van der Waals surface area contributed by atoms with Crippen molar-refractivity contribution in [3.05, 3.63) is 107 Å². The van der Waals surface area contributed by atoms with Crippen LogP contribution in [0.5, 0.6) is 0 Å². The number of hydrogen-bond donors (Lipinski definition) is 1. The van der Waals surface area contributed by atoms with Crippen molar-refractivity contribution < 1.29 is 14.0 Å². The molecule has 0 fully saturated rings. The third-order valence-electron chi connectivity index (χ3n) is 4.69. The van der Waals surface area contributed by atoms with Gasteiger partial charge in [-0.25, -0.2) is 4.39 Å². The van der Waals surface area contributed by atoms with E-state index in [1.165, 1.54) is 12.1 Å². The van der Waals surface area contributed by atoms with Crippen molar-refractivity contribution in [3.63, 3.8) is 0 Å². The number of benzene rings is 3. The lowest BCUT2D eigenvalue weighted by Crippen LogP contribution is -2.43. The molecule has 28 heavy (non-hydrogen) atoms. The van der Waals surface area contributed by atoms with Crippen molar-refractivity contribution in [3.8, 4) is 0 Å². The van der Waals surface area contributed by atoms with Crippen LogP contribution in [0, 0.1) is 12.7 Å². The number of amides is 1. The minimum absolute atomic E-state index is 0.0656. The van der Waals surface area contributed by atoms with Gasteiger partial charge in [0.2, 0.25) is 0 Å². The molecule has 1 N–H and O–H groups in total. The number of carbonyl (C=O) groups is 2. The first-order valence-electron chi connectivity index (χ1n) is 9.20. The van der Waals surface area contributed by atoms with E-state index in [9.17, 15) is 14.0 Å². The number of nitrogens with one attached hydrogen (secondary N) is 1. The second-order valence-electron chi connectivity index (χ2n) is 6.80. The van der Waals surface area contributed by atoms with Gasteiger partial charge >= 0.3 is 0 Å². The van der Waals surface area contributed by atoms with Gasteiger partial charge < -0.3 is 5.32 Å². The highest BCUT2D eigenvalue weighted by Crippen LogP contribution is 2.14. The molecule has 142 valence electrons. The van der Waals surface area contributed by atoms with Gasteiger partial charge in [-0.1, -0.05) is 54.6 Å². The summed E-state index contributed by atoms with van der Waals surface area (Å²) in [6.45, 7) is 1.84. The van der Waals surface area contributed by atoms with Crippen LogP contribution in [0.25, 0.3) is 0 Å². The quantitative estimate of drug-likeness (QED) is 0.670. The van der Waals surface area contributed by atoms with E-state index < -0.39 is 6.04 Å². The molecule has 3 aromatic carbocycles. The molecule has 0 aliphatic rings. The lowest BCUT2D eigenvalue weighted by Gasteiger charge is -2.19. The van der Waals surface area contributed by atoms with E-state index >= 15 is 0 Å². The molecule has 0 aliphatic carbocycles. The number of hydrogen-bond acceptors (Lipinski definition) is 2. The summed E-state index contributed by atoms with van der Waals surface area (Å²) in [6.07, 6.45) is 0.447. The Morgan fingerprint density at radius 3 is 2.25 bits per heavy atom. The van der Waals surface area contributed by atoms with Crippen LogP contribution in [0.1, 0.15) is 27.0 Å². The monoisotopic (exact) mass is 375 g/mol. The Kier molecular flexibility index (Phi) is 6.33. The molecule has 1 atom stereocenters. The van der Waals surface area contributed by atoms with E-state index in [1.54, 1.807) is 30.3 Å². The Labute approximate surface area is 164 Å². The average molecular weight is 375 g/mol. The van der Waals surface area contributed by atoms with E-state index in [0.29, 0.717) is 17.5 Å². The molecule has 3 rings (SSSR count). The molecule has 0 saturated heterocycles. The van der Waals surface area contributed by atoms with Gasteiger partial charge in [-0.05, 0) is 54.3 Å². The molecule has 3 aromatic rings. The molecular formula is C24H22FNO2. The first kappa shape index (κ1) is 19.5. The maximum Gasteiger partial charge on any atom is 0.251 e. The molecule has 1 amide bonds. The fourth-order valence-corrected chi connectivity index (χ4v) is 3.07. The Morgan fingerprint density at radius 1 is 0.929 bits per heavy atom. The molecule has 4 heteroatoms. The maximum absolute atomic E-state index is 13.6. The highest BCUT2D eigenvalue weighted by Gasteiger charge is 2.22. The maximum atomic E-state index is 13.6. The smallest absolute Gasteiger partial charge is 0.251 e. The van der Waals surface area contributed by atoms with E-state index in [2.05, 4.69) is 5.32 Å². The number of halogens is 1. The zero-order chi connectivity index (χ0) is 19.9. The summed E-state index contributed by atoms with van der Waals surface area (Å²) in [5.74, 6) is -0.825. The van der Waals surface area contributed by atoms with Gasteiger partial charge in [0.15, 0.2) is 5.78 Å². The molecular weight excluding hydrogens is 353 g/mol. The zero-order valence-corrected chi connectivity index (χ0v) is 15.7. The number of rotatable bonds is 7. The van der Waals surface area contributed by atoms with Crippen LogP contribution in [0.4, 0.5) is 4.39 Å². The van der Waals surface area contributed by atoms with Gasteiger partial charge in [0.25, 0.3) is 5.91 Å². The van der Waals surface area contributed by atoms with Crippen molar-refractivity contribution in [1.29, 1.82) is 0 Å². The standard InChI is InChI=1S/C24H22FNO2/c1-17-12-13-21(25)15-20(17)16-23(27)22(14-18-8-4-2-5-9-18)26-24(28)19-10-6-3-7-11-19/h2-13,15,22H,14,16H2,1H3,(H,26,28). The van der Waals surface area contributed by atoms with Gasteiger partial charge in [0.1, 0.15) is 5.82 Å². The summed E-state index contributed by atoms with van der Waals surface area (Å²) in [4.78, 5) is 25.6. The van der Waals surface area contributed by atoms with Crippen LogP contribution in [0.15, 0.2) is 78.9 Å². The van der Waals surface area contributed by atoms with Gasteiger partial charge in [0, 0.05) is 12.0 Å². The molecule has 0 radical (unpaired) electrons. The number of aryl methyl sites for hydroxylation is 1. The van der Waals surface area contributed by atoms with E-state index in [0.717, 1.165) is 11.1 Å². The van der Waals surface area contributed by atoms with Crippen molar-refractivity contribution in [2.45, 2.75) is 25.8 Å². The Morgan fingerprint density at radius 2 is 1.57 bits per heavy atom. The molecule has 0 heterocycles. The summed E-state index contributed by atoms with van der Waals surface area (Å²) < 4.78 is 13.6. The van der Waals surface area contributed by atoms with Crippen LogP contribution in [-0.2, 0) is 17.6 Å². The largest absolute Gasteiger partial charge is 0.342 e. The van der Waals surface area contributed by atoms with Crippen LogP contribution in [0.2, 0.25) is 0 Å². The molecule has 0 aromatic heterocycles. The summed E-state index contributed by atoms with van der Waals surface area (Å²) in [5, 5.41) is 2.85. The predicted molar refractivity (Wildman–Crippen MR) is 108 cm³/mol. The third kappa shape index (κ3) is 5.13. The van der Waals surface area contributed by atoms with Gasteiger partial charge in [-0.3, -0.25) is 9.59 Å². The topological polar surface area (TPSA) is 46.2 Å². The minimum Gasteiger partial charge on any atom is -0.342 e. The predicted octanol–water partition coefficient (Wildman–Crippen LogP) is 4.29. The van der Waals surface area contributed by atoms with Crippen molar-refractivity contribution in [2.75, 3.05) is 0 Å². The van der Waals surface area contributed by atoms with Crippen molar-refractivity contribution in [2.24, 2.45) is 0 Å². The average Bonchev–Trinajstić information content (AvgIpc) is 2.71. The fraction of sp³-hybridized carbons (Fsp3) is 0.167. The highest BCUT2D eigenvalue weighted by atomic mass is 19.1. The first-order chi connectivity index (χ1) is 13.5. The van der Waals surface area contributed by atoms with Gasteiger partial charge in [0.05, 0.1) is 6.04 Å². The number of ketones is 1. The Bertz CT molecular complexity index is 955. The molecule has 3 nitrogen and oxygen atoms in total. The summed E-state index contributed by atoms with van der Waals surface area (Å²) in [7, 11) is 0. The van der Waals surface area contributed by atoms with Crippen LogP contribution in [0.3, 0.4) is 0 Å². The van der Waals surface area contributed by atoms with Crippen molar-refractivity contribution >= 4 is 11.7 Å². The summed E-state index contributed by atoms with van der Waals surface area (Å²) in [6, 6.07) is 22.0. The van der Waals surface area contributed by atoms with Crippen LogP contribution < -0.4 is 5.32 Å². The first-order valence-corrected chi connectivity index (χ1v) is 9.20. The molecule has 0 spiro atoms. The van der Waals surface area contributed by atoms with E-state index in [-0.39, 0.29) is 23.9 Å². The molecule has 0 aliphatic heterocycles. The Hall–Kier alpha value is -3.27. The third-order valence-corrected chi connectivity index (χ3v) is 4.69. The highest BCUT2D eigenvalue weighted by molar-refractivity contribution is 5.98. The fourth-order valence-electron chi connectivity index (χ4n) is 3.07. The van der Waals surface area contributed by atoms with Gasteiger partial charge in [-0.2, -0.15) is 0 Å². The second kappa shape index (κ2) is 9.09. The lowest BCUT2D eigenvalue weighted by molar-refractivity contribution is -0.120. The van der Waals surface area contributed by atoms with Crippen LogP contribution in [-0.4, -0.2) is 17.7 Å². The number of carbonyl (C=O) groups excluding carboxylic acids is 2. The van der Waals surface area contributed by atoms with E-state index in [1.807, 2.05) is 43.3 Å². The molecule has 0 saturated carbocycles. The minimum atomic E-state index is -0.697. The van der Waals surface area contributed by atoms with Crippen LogP contribution >= 0.6 is 0 Å². The Balaban J connectivity index is 1.81. The van der Waals surface area contributed by atoms with Crippen molar-refractivity contribution in [1.82, 2.24) is 5.32 Å². The lowest BCUT2D eigenvalue weighted by atomic mass is 9.95. The van der Waals surface area contributed by atoms with E-state index in [4.69, 9.17) is 0 Å². The zero-order valence-electron chi connectivity index (χ0n) is 15.7. The summed E-state index contributed by atoms with van der Waals surface area (Å²) in [5.41, 5.74) is 2.93. The summed E-state index contributed by atoms with van der Waals surface area (Å²) >= 11 is 0. The second-order valence-corrected chi connectivity index (χ2v) is 6.80. The number of Topliss-reactive ketones (excluding diaryl/α,β-unsaturated/α-hetero) is 1. The SMILES string of the molecule is Cc1ccc(F)cc1CC(=O)C(Cc1ccccc1)NC(=O)c1ccccc1. The molecule has 1 unspecified atom stereocenters. The molecule has 0 bridgehead atoms.